The SMILES string of the molecule is Nc1ccc(CN2CCC(N3CCCCC3)CC2)cc1Br. The number of nitrogens with two attached hydrogens (primary N) is 1. The number of hydrogen-bond acceptors (Lipinski definition) is 3. The number of rotatable bonds is 3. The molecule has 0 bridgehead atoms. The van der Waals surface area contributed by atoms with Gasteiger partial charge in [-0.1, -0.05) is 12.5 Å². The molecule has 0 amide bonds. The average molecular weight is 352 g/mol. The summed E-state index contributed by atoms with van der Waals surface area (Å²) in [5.41, 5.74) is 8.03. The molecule has 0 radical (unpaired) electrons. The average Bonchev–Trinajstić information content (AvgIpc) is 2.53. The van der Waals surface area contributed by atoms with E-state index in [2.05, 4.69) is 37.9 Å². The van der Waals surface area contributed by atoms with Crippen LogP contribution in [0.3, 0.4) is 0 Å². The third kappa shape index (κ3) is 3.99. The number of benzene rings is 1. The number of piperidine rings is 2. The number of nitrogen functional groups attached to an aromatic ring is 1. The molecule has 0 unspecified atom stereocenters. The van der Waals surface area contributed by atoms with E-state index in [1.807, 2.05) is 6.07 Å². The Kier molecular flexibility index (Phi) is 5.19. The summed E-state index contributed by atoms with van der Waals surface area (Å²) in [7, 11) is 0. The highest BCUT2D eigenvalue weighted by molar-refractivity contribution is 9.10. The Labute approximate surface area is 136 Å². The lowest BCUT2D eigenvalue weighted by atomic mass is 9.99. The Morgan fingerprint density at radius 2 is 1.76 bits per heavy atom. The summed E-state index contributed by atoms with van der Waals surface area (Å²) in [6.07, 6.45) is 6.90. The summed E-state index contributed by atoms with van der Waals surface area (Å²) in [6.45, 7) is 6.16. The fourth-order valence-corrected chi connectivity index (χ4v) is 4.08. The molecular formula is C17H26BrN3. The monoisotopic (exact) mass is 351 g/mol. The molecule has 2 fully saturated rings. The second-order valence-corrected chi connectivity index (χ2v) is 7.31. The van der Waals surface area contributed by atoms with Crippen LogP contribution in [-0.2, 0) is 6.54 Å². The van der Waals surface area contributed by atoms with Gasteiger partial charge in [-0.25, -0.2) is 0 Å². The predicted molar refractivity (Wildman–Crippen MR) is 92.3 cm³/mol. The van der Waals surface area contributed by atoms with Crippen LogP contribution in [0.2, 0.25) is 0 Å². The molecule has 2 heterocycles. The first-order valence-corrected chi connectivity index (χ1v) is 9.02. The maximum absolute atomic E-state index is 5.86. The molecule has 1 aromatic carbocycles. The molecule has 2 aliphatic rings. The maximum atomic E-state index is 5.86. The molecule has 1 aromatic rings. The lowest BCUT2D eigenvalue weighted by Gasteiger charge is -2.40. The number of halogens is 1. The van der Waals surface area contributed by atoms with Gasteiger partial charge in [0.25, 0.3) is 0 Å². The topological polar surface area (TPSA) is 32.5 Å². The molecule has 3 nitrogen and oxygen atoms in total. The molecule has 116 valence electrons. The van der Waals surface area contributed by atoms with E-state index in [1.54, 1.807) is 0 Å². The van der Waals surface area contributed by atoms with Crippen molar-refractivity contribution < 1.29 is 0 Å². The minimum absolute atomic E-state index is 0.822. The van der Waals surface area contributed by atoms with Crippen LogP contribution in [0.4, 0.5) is 5.69 Å². The Morgan fingerprint density at radius 1 is 1.05 bits per heavy atom. The van der Waals surface area contributed by atoms with E-state index in [-0.39, 0.29) is 0 Å². The molecule has 0 aliphatic carbocycles. The number of nitrogens with zero attached hydrogens (tertiary/aromatic N) is 2. The van der Waals surface area contributed by atoms with Gasteiger partial charge in [-0.3, -0.25) is 4.90 Å². The van der Waals surface area contributed by atoms with E-state index in [9.17, 15) is 0 Å². The summed E-state index contributed by atoms with van der Waals surface area (Å²) < 4.78 is 1.02. The molecule has 2 N–H and O–H groups in total. The second kappa shape index (κ2) is 7.12. The van der Waals surface area contributed by atoms with E-state index in [0.717, 1.165) is 22.7 Å². The van der Waals surface area contributed by atoms with Gasteiger partial charge in [0.1, 0.15) is 0 Å². The third-order valence-corrected chi connectivity index (χ3v) is 5.62. The molecule has 0 saturated carbocycles. The van der Waals surface area contributed by atoms with Crippen LogP contribution < -0.4 is 5.73 Å². The Bertz CT molecular complexity index is 463. The van der Waals surface area contributed by atoms with Gasteiger partial charge in [0.05, 0.1) is 0 Å². The van der Waals surface area contributed by atoms with Crippen molar-refractivity contribution in [2.75, 3.05) is 31.9 Å². The molecule has 2 aliphatic heterocycles. The molecule has 0 spiro atoms. The minimum atomic E-state index is 0.822. The van der Waals surface area contributed by atoms with E-state index < -0.39 is 0 Å². The van der Waals surface area contributed by atoms with Crippen molar-refractivity contribution in [2.45, 2.75) is 44.7 Å². The first kappa shape index (κ1) is 15.3. The van der Waals surface area contributed by atoms with Crippen LogP contribution in [0.1, 0.15) is 37.7 Å². The summed E-state index contributed by atoms with van der Waals surface area (Å²) >= 11 is 3.52. The lowest BCUT2D eigenvalue weighted by Crippen LogP contribution is -2.46. The van der Waals surface area contributed by atoms with E-state index >= 15 is 0 Å². The van der Waals surface area contributed by atoms with Crippen molar-refractivity contribution in [2.24, 2.45) is 0 Å². The molecule has 0 atom stereocenters. The van der Waals surface area contributed by atoms with Crippen molar-refractivity contribution in [1.82, 2.24) is 9.80 Å². The van der Waals surface area contributed by atoms with Gasteiger partial charge in [0.15, 0.2) is 0 Å². The minimum Gasteiger partial charge on any atom is -0.398 e. The molecule has 2 saturated heterocycles. The zero-order chi connectivity index (χ0) is 14.7. The highest BCUT2D eigenvalue weighted by Crippen LogP contribution is 2.24. The van der Waals surface area contributed by atoms with Gasteiger partial charge in [-0.2, -0.15) is 0 Å². The fourth-order valence-electron chi connectivity index (χ4n) is 3.65. The van der Waals surface area contributed by atoms with Gasteiger partial charge in [0, 0.05) is 22.7 Å². The van der Waals surface area contributed by atoms with Crippen molar-refractivity contribution >= 4 is 21.6 Å². The van der Waals surface area contributed by atoms with Crippen LogP contribution >= 0.6 is 15.9 Å². The molecule has 0 aromatic heterocycles. The van der Waals surface area contributed by atoms with Crippen LogP contribution in [0.15, 0.2) is 22.7 Å². The van der Waals surface area contributed by atoms with E-state index in [0.29, 0.717) is 0 Å². The Morgan fingerprint density at radius 3 is 2.43 bits per heavy atom. The number of likely N-dealkylation sites (tertiary alicyclic amines) is 2. The highest BCUT2D eigenvalue weighted by Gasteiger charge is 2.25. The fraction of sp³-hybridized carbons (Fsp3) is 0.647. The quantitative estimate of drug-likeness (QED) is 0.846. The third-order valence-electron chi connectivity index (χ3n) is 4.94. The molecule has 3 rings (SSSR count). The smallest absolute Gasteiger partial charge is 0.0458 e. The maximum Gasteiger partial charge on any atom is 0.0458 e. The van der Waals surface area contributed by atoms with Crippen LogP contribution in [0.25, 0.3) is 0 Å². The Balaban J connectivity index is 1.50. The molecular weight excluding hydrogens is 326 g/mol. The van der Waals surface area contributed by atoms with E-state index in [4.69, 9.17) is 5.73 Å². The van der Waals surface area contributed by atoms with Gasteiger partial charge in [-0.15, -0.1) is 0 Å². The largest absolute Gasteiger partial charge is 0.398 e. The molecule has 21 heavy (non-hydrogen) atoms. The first-order valence-electron chi connectivity index (χ1n) is 8.23. The van der Waals surface area contributed by atoms with Crippen LogP contribution in [-0.4, -0.2) is 42.0 Å². The van der Waals surface area contributed by atoms with Gasteiger partial charge in [0.2, 0.25) is 0 Å². The van der Waals surface area contributed by atoms with Gasteiger partial charge in [-0.05, 0) is 85.5 Å². The Hall–Kier alpha value is -0.580. The zero-order valence-corrected chi connectivity index (χ0v) is 14.3. The van der Waals surface area contributed by atoms with Crippen LogP contribution in [0.5, 0.6) is 0 Å². The highest BCUT2D eigenvalue weighted by atomic mass is 79.9. The van der Waals surface area contributed by atoms with Crippen LogP contribution in [0, 0.1) is 0 Å². The summed E-state index contributed by atoms with van der Waals surface area (Å²) in [5.74, 6) is 0. The number of anilines is 1. The van der Waals surface area contributed by atoms with Crippen molar-refractivity contribution in [3.8, 4) is 0 Å². The lowest BCUT2D eigenvalue weighted by molar-refractivity contribution is 0.0896. The normalized spacial score (nSPS) is 22.5. The van der Waals surface area contributed by atoms with Gasteiger partial charge < -0.3 is 10.6 Å². The number of hydrogen-bond donors (Lipinski definition) is 1. The van der Waals surface area contributed by atoms with Crippen molar-refractivity contribution in [3.05, 3.63) is 28.2 Å². The van der Waals surface area contributed by atoms with Gasteiger partial charge >= 0.3 is 0 Å². The second-order valence-electron chi connectivity index (χ2n) is 6.46. The molecule has 4 heteroatoms. The summed E-state index contributed by atoms with van der Waals surface area (Å²) in [5, 5.41) is 0. The predicted octanol–water partition coefficient (Wildman–Crippen LogP) is 3.48. The standard InChI is InChI=1S/C17H26BrN3/c18-16-12-14(4-5-17(16)19)13-20-10-6-15(7-11-20)21-8-2-1-3-9-21/h4-5,12,15H,1-3,6-11,13,19H2. The summed E-state index contributed by atoms with van der Waals surface area (Å²) in [4.78, 5) is 5.32. The van der Waals surface area contributed by atoms with Crippen molar-refractivity contribution in [1.29, 1.82) is 0 Å². The first-order chi connectivity index (χ1) is 10.2. The van der Waals surface area contributed by atoms with E-state index in [1.165, 1.54) is 63.8 Å². The van der Waals surface area contributed by atoms with Crippen molar-refractivity contribution in [3.63, 3.8) is 0 Å². The summed E-state index contributed by atoms with van der Waals surface area (Å²) in [6, 6.07) is 7.14. The zero-order valence-electron chi connectivity index (χ0n) is 12.7.